The van der Waals surface area contributed by atoms with Crippen LogP contribution in [0.3, 0.4) is 0 Å². The average molecular weight is 223 g/mol. The Kier molecular flexibility index (Phi) is 3.70. The van der Waals surface area contributed by atoms with Crippen molar-refractivity contribution in [2.75, 3.05) is 6.54 Å². The normalized spacial score (nSPS) is 14.0. The van der Waals surface area contributed by atoms with E-state index in [4.69, 9.17) is 5.73 Å². The lowest BCUT2D eigenvalue weighted by Gasteiger charge is -2.16. The van der Waals surface area contributed by atoms with Crippen molar-refractivity contribution in [3.8, 4) is 0 Å². The number of nitrogens with two attached hydrogens (primary N) is 1. The van der Waals surface area contributed by atoms with Crippen LogP contribution in [-0.2, 0) is 0 Å². The Bertz CT molecular complexity index is 277. The first-order valence-corrected chi connectivity index (χ1v) is 4.62. The van der Waals surface area contributed by atoms with Gasteiger partial charge < -0.3 is 5.73 Å². The van der Waals surface area contributed by atoms with Gasteiger partial charge in [0, 0.05) is 18.9 Å². The molecule has 1 unspecified atom stereocenters. The predicted octanol–water partition coefficient (Wildman–Crippen LogP) is 1.46. The number of aromatic nitrogens is 2. The van der Waals surface area contributed by atoms with Gasteiger partial charge in [0.05, 0.1) is 0 Å². The molecule has 0 aliphatic rings. The van der Waals surface area contributed by atoms with E-state index in [2.05, 4.69) is 9.97 Å². The SMILES string of the molecule is NCC(Sc1ncccn1)C(F)(F)F. The molecule has 0 saturated heterocycles. The van der Waals surface area contributed by atoms with Crippen molar-refractivity contribution in [3.63, 3.8) is 0 Å². The van der Waals surface area contributed by atoms with Gasteiger partial charge in [0.2, 0.25) is 0 Å². The molecule has 0 radical (unpaired) electrons. The van der Waals surface area contributed by atoms with Crippen LogP contribution < -0.4 is 5.73 Å². The number of halogens is 3. The quantitative estimate of drug-likeness (QED) is 0.622. The van der Waals surface area contributed by atoms with E-state index in [1.807, 2.05) is 0 Å². The highest BCUT2D eigenvalue weighted by atomic mass is 32.2. The first kappa shape index (κ1) is 11.3. The summed E-state index contributed by atoms with van der Waals surface area (Å²) >= 11 is 0.523. The van der Waals surface area contributed by atoms with Gasteiger partial charge in [-0.2, -0.15) is 13.2 Å². The molecule has 0 aromatic carbocycles. The summed E-state index contributed by atoms with van der Waals surface area (Å²) in [7, 11) is 0. The third-order valence-electron chi connectivity index (χ3n) is 1.37. The minimum absolute atomic E-state index is 0.0836. The molecule has 1 rings (SSSR count). The summed E-state index contributed by atoms with van der Waals surface area (Å²) in [5.74, 6) is 0. The Morgan fingerprint density at radius 3 is 2.36 bits per heavy atom. The number of thioether (sulfide) groups is 1. The van der Waals surface area contributed by atoms with Crippen LogP contribution in [0.2, 0.25) is 0 Å². The van der Waals surface area contributed by atoms with Gasteiger partial charge in [-0.1, -0.05) is 11.8 Å². The van der Waals surface area contributed by atoms with Gasteiger partial charge in [0.1, 0.15) is 5.25 Å². The van der Waals surface area contributed by atoms with Crippen molar-refractivity contribution in [1.82, 2.24) is 9.97 Å². The predicted molar refractivity (Wildman–Crippen MR) is 46.8 cm³/mol. The third-order valence-corrected chi connectivity index (χ3v) is 2.53. The fourth-order valence-corrected chi connectivity index (χ4v) is 1.45. The van der Waals surface area contributed by atoms with Crippen LogP contribution in [0.25, 0.3) is 0 Å². The topological polar surface area (TPSA) is 51.8 Å². The van der Waals surface area contributed by atoms with E-state index < -0.39 is 18.0 Å². The van der Waals surface area contributed by atoms with E-state index in [-0.39, 0.29) is 5.16 Å². The summed E-state index contributed by atoms with van der Waals surface area (Å²) in [4.78, 5) is 7.35. The van der Waals surface area contributed by atoms with E-state index in [0.29, 0.717) is 11.8 Å². The van der Waals surface area contributed by atoms with Crippen LogP contribution in [0, 0.1) is 0 Å². The van der Waals surface area contributed by atoms with Crippen LogP contribution >= 0.6 is 11.8 Å². The lowest BCUT2D eigenvalue weighted by molar-refractivity contribution is -0.126. The smallest absolute Gasteiger partial charge is 0.329 e. The Hall–Kier alpha value is -0.820. The second kappa shape index (κ2) is 4.61. The minimum atomic E-state index is -4.32. The first-order chi connectivity index (χ1) is 6.54. The maximum Gasteiger partial charge on any atom is 0.402 e. The van der Waals surface area contributed by atoms with Crippen LogP contribution in [0.15, 0.2) is 23.6 Å². The van der Waals surface area contributed by atoms with Crippen molar-refractivity contribution in [2.45, 2.75) is 16.6 Å². The maximum absolute atomic E-state index is 12.2. The summed E-state index contributed by atoms with van der Waals surface area (Å²) in [6.07, 6.45) is -1.54. The molecule has 2 N–H and O–H groups in total. The van der Waals surface area contributed by atoms with Crippen LogP contribution in [0.1, 0.15) is 0 Å². The minimum Gasteiger partial charge on any atom is -0.329 e. The molecule has 14 heavy (non-hydrogen) atoms. The Labute approximate surface area is 82.9 Å². The first-order valence-electron chi connectivity index (χ1n) is 3.74. The highest BCUT2D eigenvalue weighted by Gasteiger charge is 2.39. The zero-order valence-electron chi connectivity index (χ0n) is 7.03. The Morgan fingerprint density at radius 2 is 1.93 bits per heavy atom. The molecular weight excluding hydrogens is 215 g/mol. The summed E-state index contributed by atoms with van der Waals surface area (Å²) in [6.45, 7) is -0.480. The molecule has 0 aliphatic carbocycles. The summed E-state index contributed by atoms with van der Waals surface area (Å²) in [6, 6.07) is 1.54. The fourth-order valence-electron chi connectivity index (χ4n) is 0.722. The molecule has 3 nitrogen and oxygen atoms in total. The van der Waals surface area contributed by atoms with E-state index in [1.54, 1.807) is 0 Å². The second-order valence-electron chi connectivity index (χ2n) is 2.42. The highest BCUT2D eigenvalue weighted by Crippen LogP contribution is 2.32. The van der Waals surface area contributed by atoms with Gasteiger partial charge in [-0.15, -0.1) is 0 Å². The number of rotatable bonds is 3. The molecule has 1 aromatic heterocycles. The average Bonchev–Trinajstić information content (AvgIpc) is 2.14. The van der Waals surface area contributed by atoms with Gasteiger partial charge in [-0.05, 0) is 6.07 Å². The number of alkyl halides is 3. The highest BCUT2D eigenvalue weighted by molar-refractivity contribution is 7.99. The lowest BCUT2D eigenvalue weighted by Crippen LogP contribution is -2.33. The van der Waals surface area contributed by atoms with E-state index in [0.717, 1.165) is 0 Å². The molecular formula is C7H8F3N3S. The largest absolute Gasteiger partial charge is 0.402 e. The van der Waals surface area contributed by atoms with Gasteiger partial charge >= 0.3 is 6.18 Å². The number of hydrogen-bond donors (Lipinski definition) is 1. The third kappa shape index (κ3) is 3.15. The zero-order chi connectivity index (χ0) is 10.6. The molecule has 78 valence electrons. The van der Waals surface area contributed by atoms with Gasteiger partial charge in [0.25, 0.3) is 0 Å². The number of nitrogens with zero attached hydrogens (tertiary/aromatic N) is 2. The second-order valence-corrected chi connectivity index (χ2v) is 3.59. The summed E-state index contributed by atoms with van der Waals surface area (Å²) in [5, 5.41) is -1.56. The van der Waals surface area contributed by atoms with E-state index in [1.165, 1.54) is 18.5 Å². The Morgan fingerprint density at radius 1 is 1.36 bits per heavy atom. The monoisotopic (exact) mass is 223 g/mol. The van der Waals surface area contributed by atoms with E-state index >= 15 is 0 Å². The number of hydrogen-bond acceptors (Lipinski definition) is 4. The summed E-state index contributed by atoms with van der Waals surface area (Å²) < 4.78 is 36.7. The molecule has 1 atom stereocenters. The van der Waals surface area contributed by atoms with Gasteiger partial charge in [-0.3, -0.25) is 0 Å². The van der Waals surface area contributed by atoms with Crippen molar-refractivity contribution >= 4 is 11.8 Å². The van der Waals surface area contributed by atoms with Crippen LogP contribution in [0.4, 0.5) is 13.2 Å². The fraction of sp³-hybridized carbons (Fsp3) is 0.429. The molecule has 7 heteroatoms. The van der Waals surface area contributed by atoms with Crippen molar-refractivity contribution < 1.29 is 13.2 Å². The van der Waals surface area contributed by atoms with Crippen LogP contribution in [-0.4, -0.2) is 27.9 Å². The molecule has 0 saturated carbocycles. The van der Waals surface area contributed by atoms with Crippen molar-refractivity contribution in [2.24, 2.45) is 5.73 Å². The van der Waals surface area contributed by atoms with Crippen molar-refractivity contribution in [3.05, 3.63) is 18.5 Å². The molecule has 0 fully saturated rings. The molecule has 0 spiro atoms. The molecule has 1 aromatic rings. The molecule has 1 heterocycles. The van der Waals surface area contributed by atoms with Crippen LogP contribution in [0.5, 0.6) is 0 Å². The van der Waals surface area contributed by atoms with E-state index in [9.17, 15) is 13.2 Å². The zero-order valence-corrected chi connectivity index (χ0v) is 7.85. The molecule has 0 aliphatic heterocycles. The van der Waals surface area contributed by atoms with Gasteiger partial charge in [-0.25, -0.2) is 9.97 Å². The Balaban J connectivity index is 2.67. The summed E-state index contributed by atoms with van der Waals surface area (Å²) in [5.41, 5.74) is 5.01. The van der Waals surface area contributed by atoms with Crippen molar-refractivity contribution in [1.29, 1.82) is 0 Å². The molecule has 0 bridgehead atoms. The van der Waals surface area contributed by atoms with Gasteiger partial charge in [0.15, 0.2) is 5.16 Å². The lowest BCUT2D eigenvalue weighted by atomic mass is 10.4. The molecule has 0 amide bonds. The maximum atomic E-state index is 12.2. The standard InChI is InChI=1S/C7H8F3N3S/c8-7(9,10)5(4-11)14-6-12-2-1-3-13-6/h1-3,5H,4,11H2.